The number of amides is 1. The largest absolute Gasteiger partial charge is 0.348 e. The molecule has 1 amide bonds. The van der Waals surface area contributed by atoms with E-state index in [-0.39, 0.29) is 11.9 Å². The molecule has 0 aromatic carbocycles. The minimum atomic E-state index is 0.0314. The van der Waals surface area contributed by atoms with Crippen molar-refractivity contribution in [1.29, 1.82) is 0 Å². The van der Waals surface area contributed by atoms with Crippen LogP contribution >= 0.6 is 22.9 Å². The lowest BCUT2D eigenvalue weighted by molar-refractivity contribution is 0.0629. The van der Waals surface area contributed by atoms with E-state index < -0.39 is 0 Å². The van der Waals surface area contributed by atoms with Crippen molar-refractivity contribution >= 4 is 34.8 Å². The molecule has 2 aromatic heterocycles. The quantitative estimate of drug-likeness (QED) is 0.942. The van der Waals surface area contributed by atoms with Crippen LogP contribution in [0.15, 0.2) is 30.6 Å². The van der Waals surface area contributed by atoms with Gasteiger partial charge >= 0.3 is 0 Å². The van der Waals surface area contributed by atoms with E-state index in [1.807, 2.05) is 0 Å². The van der Waals surface area contributed by atoms with Crippen molar-refractivity contribution in [2.75, 3.05) is 18.4 Å². The Morgan fingerprint density at radius 1 is 1.37 bits per heavy atom. The summed E-state index contributed by atoms with van der Waals surface area (Å²) < 4.78 is 0.635. The Bertz CT molecular complexity index is 582. The van der Waals surface area contributed by atoms with E-state index in [0.717, 1.165) is 0 Å². The van der Waals surface area contributed by atoms with Crippen molar-refractivity contribution in [2.45, 2.75) is 6.04 Å². The Labute approximate surface area is 119 Å². The minimum Gasteiger partial charge on any atom is -0.348 e. The standard InChI is InChI=1S/C12H11ClN4OS/c13-10-3-2-9(19-10)11(18)17-6-8(7-17)16-12-14-4-1-5-15-12/h1-5,8H,6-7H2,(H,14,15,16). The molecule has 19 heavy (non-hydrogen) atoms. The van der Waals surface area contributed by atoms with Gasteiger partial charge in [-0.05, 0) is 18.2 Å². The molecule has 98 valence electrons. The number of anilines is 1. The van der Waals surface area contributed by atoms with E-state index in [9.17, 15) is 4.79 Å². The van der Waals surface area contributed by atoms with Crippen LogP contribution in [0.5, 0.6) is 0 Å². The summed E-state index contributed by atoms with van der Waals surface area (Å²) in [5.41, 5.74) is 0. The highest BCUT2D eigenvalue weighted by Gasteiger charge is 2.32. The van der Waals surface area contributed by atoms with E-state index in [4.69, 9.17) is 11.6 Å². The second-order valence-corrected chi connectivity index (χ2v) is 5.94. The molecule has 3 heterocycles. The van der Waals surface area contributed by atoms with Gasteiger partial charge in [-0.1, -0.05) is 11.6 Å². The molecular formula is C12H11ClN4OS. The number of carbonyl (C=O) groups is 1. The zero-order valence-corrected chi connectivity index (χ0v) is 11.5. The number of aromatic nitrogens is 2. The van der Waals surface area contributed by atoms with Crippen LogP contribution in [-0.4, -0.2) is 39.9 Å². The average Bonchev–Trinajstić information content (AvgIpc) is 2.80. The third-order valence-electron chi connectivity index (χ3n) is 2.85. The Morgan fingerprint density at radius 3 is 2.74 bits per heavy atom. The molecule has 1 N–H and O–H groups in total. The SMILES string of the molecule is O=C(c1ccc(Cl)s1)N1CC(Nc2ncccn2)C1. The van der Waals surface area contributed by atoms with Crippen molar-refractivity contribution in [3.63, 3.8) is 0 Å². The molecule has 0 atom stereocenters. The van der Waals surface area contributed by atoms with Crippen LogP contribution in [0.25, 0.3) is 0 Å². The second-order valence-electron chi connectivity index (χ2n) is 4.23. The van der Waals surface area contributed by atoms with Gasteiger partial charge in [-0.15, -0.1) is 11.3 Å². The summed E-state index contributed by atoms with van der Waals surface area (Å²) in [5, 5.41) is 3.18. The molecule has 3 rings (SSSR count). The summed E-state index contributed by atoms with van der Waals surface area (Å²) in [7, 11) is 0. The predicted molar refractivity (Wildman–Crippen MR) is 74.7 cm³/mol. The Balaban J connectivity index is 1.54. The predicted octanol–water partition coefficient (Wildman–Crippen LogP) is 2.13. The molecule has 5 nitrogen and oxygen atoms in total. The number of rotatable bonds is 3. The normalized spacial score (nSPS) is 15.1. The molecule has 7 heteroatoms. The van der Waals surface area contributed by atoms with Crippen LogP contribution in [0.2, 0.25) is 4.34 Å². The van der Waals surface area contributed by atoms with Crippen LogP contribution in [0.3, 0.4) is 0 Å². The second kappa shape index (κ2) is 5.14. The molecule has 1 saturated heterocycles. The third-order valence-corrected chi connectivity index (χ3v) is 4.07. The minimum absolute atomic E-state index is 0.0314. The topological polar surface area (TPSA) is 58.1 Å². The zero-order valence-electron chi connectivity index (χ0n) is 9.91. The maximum absolute atomic E-state index is 12.1. The van der Waals surface area contributed by atoms with Gasteiger partial charge in [0.05, 0.1) is 15.3 Å². The molecule has 0 saturated carbocycles. The fourth-order valence-electron chi connectivity index (χ4n) is 1.88. The number of carbonyl (C=O) groups excluding carboxylic acids is 1. The summed E-state index contributed by atoms with van der Waals surface area (Å²) in [6.07, 6.45) is 3.37. The monoisotopic (exact) mass is 294 g/mol. The van der Waals surface area contributed by atoms with Crippen molar-refractivity contribution < 1.29 is 4.79 Å². The van der Waals surface area contributed by atoms with E-state index in [1.165, 1.54) is 11.3 Å². The number of hydrogen-bond donors (Lipinski definition) is 1. The third kappa shape index (κ3) is 2.69. The lowest BCUT2D eigenvalue weighted by Gasteiger charge is -2.39. The van der Waals surface area contributed by atoms with Gasteiger partial charge in [-0.25, -0.2) is 9.97 Å². The van der Waals surface area contributed by atoms with Gasteiger partial charge in [-0.2, -0.15) is 0 Å². The molecular weight excluding hydrogens is 284 g/mol. The maximum Gasteiger partial charge on any atom is 0.264 e. The lowest BCUT2D eigenvalue weighted by Crippen LogP contribution is -2.57. The van der Waals surface area contributed by atoms with Gasteiger partial charge in [0.1, 0.15) is 0 Å². The molecule has 0 spiro atoms. The van der Waals surface area contributed by atoms with Gasteiger partial charge in [0.2, 0.25) is 5.95 Å². The molecule has 1 fully saturated rings. The molecule has 1 aliphatic heterocycles. The number of hydrogen-bond acceptors (Lipinski definition) is 5. The van der Waals surface area contributed by atoms with E-state index >= 15 is 0 Å². The lowest BCUT2D eigenvalue weighted by atomic mass is 10.1. The first kappa shape index (κ1) is 12.4. The highest BCUT2D eigenvalue weighted by molar-refractivity contribution is 7.17. The van der Waals surface area contributed by atoms with Crippen LogP contribution in [0.4, 0.5) is 5.95 Å². The van der Waals surface area contributed by atoms with Crippen LogP contribution < -0.4 is 5.32 Å². The number of likely N-dealkylation sites (tertiary alicyclic amines) is 1. The average molecular weight is 295 g/mol. The van der Waals surface area contributed by atoms with Crippen molar-refractivity contribution in [2.24, 2.45) is 0 Å². The highest BCUT2D eigenvalue weighted by atomic mass is 35.5. The smallest absolute Gasteiger partial charge is 0.264 e. The van der Waals surface area contributed by atoms with E-state index in [2.05, 4.69) is 15.3 Å². The fourth-order valence-corrected chi connectivity index (χ4v) is 2.89. The summed E-state index contributed by atoms with van der Waals surface area (Å²) in [6.45, 7) is 1.32. The fraction of sp³-hybridized carbons (Fsp3) is 0.250. The molecule has 0 unspecified atom stereocenters. The first-order valence-corrected chi connectivity index (χ1v) is 7.00. The van der Waals surface area contributed by atoms with Gasteiger partial charge in [0, 0.05) is 25.5 Å². The van der Waals surface area contributed by atoms with E-state index in [1.54, 1.807) is 35.5 Å². The number of halogens is 1. The van der Waals surface area contributed by atoms with Crippen molar-refractivity contribution in [1.82, 2.24) is 14.9 Å². The maximum atomic E-state index is 12.1. The molecule has 0 bridgehead atoms. The molecule has 0 aliphatic carbocycles. The van der Waals surface area contributed by atoms with Crippen molar-refractivity contribution in [3.8, 4) is 0 Å². The van der Waals surface area contributed by atoms with Gasteiger partial charge in [0.25, 0.3) is 5.91 Å². The number of nitrogens with zero attached hydrogens (tertiary/aromatic N) is 3. The first-order valence-electron chi connectivity index (χ1n) is 5.80. The summed E-state index contributed by atoms with van der Waals surface area (Å²) >= 11 is 7.13. The van der Waals surface area contributed by atoms with Crippen molar-refractivity contribution in [3.05, 3.63) is 39.8 Å². The summed E-state index contributed by atoms with van der Waals surface area (Å²) in [5.74, 6) is 0.627. The van der Waals surface area contributed by atoms with Gasteiger partial charge in [0.15, 0.2) is 0 Å². The molecule has 1 aliphatic rings. The highest BCUT2D eigenvalue weighted by Crippen LogP contribution is 2.24. The van der Waals surface area contributed by atoms with Crippen LogP contribution in [-0.2, 0) is 0 Å². The Hall–Kier alpha value is -1.66. The van der Waals surface area contributed by atoms with Crippen LogP contribution in [0.1, 0.15) is 9.67 Å². The molecule has 2 aromatic rings. The van der Waals surface area contributed by atoms with Gasteiger partial charge in [-0.3, -0.25) is 4.79 Å². The zero-order chi connectivity index (χ0) is 13.2. The van der Waals surface area contributed by atoms with Gasteiger partial charge < -0.3 is 10.2 Å². The first-order chi connectivity index (χ1) is 9.22. The summed E-state index contributed by atoms with van der Waals surface area (Å²) in [4.78, 5) is 22.7. The Morgan fingerprint density at radius 2 is 2.11 bits per heavy atom. The number of nitrogens with one attached hydrogen (secondary N) is 1. The summed E-state index contributed by atoms with van der Waals surface area (Å²) in [6, 6.07) is 5.48. The Kier molecular flexibility index (Phi) is 3.35. The van der Waals surface area contributed by atoms with E-state index in [0.29, 0.717) is 28.3 Å². The number of thiophene rings is 1. The molecule has 0 radical (unpaired) electrons. The van der Waals surface area contributed by atoms with Crippen LogP contribution in [0, 0.1) is 0 Å².